The molecule has 4 rings (SSSR count). The molecule has 3 amide bonds. The third-order valence-corrected chi connectivity index (χ3v) is 7.55. The monoisotopic (exact) mass is 536 g/mol. The van der Waals surface area contributed by atoms with E-state index in [9.17, 15) is 9.59 Å². The van der Waals surface area contributed by atoms with E-state index < -0.39 is 0 Å². The number of rotatable bonds is 10. The number of benzene rings is 2. The highest BCUT2D eigenvalue weighted by Crippen LogP contribution is 2.31. The van der Waals surface area contributed by atoms with Crippen molar-refractivity contribution in [2.24, 2.45) is 0 Å². The molecule has 2 aliphatic rings. The fourth-order valence-corrected chi connectivity index (χ4v) is 5.44. The molecule has 0 aromatic heterocycles. The van der Waals surface area contributed by atoms with Crippen LogP contribution in [0.1, 0.15) is 48.9 Å². The molecule has 0 atom stereocenters. The van der Waals surface area contributed by atoms with Crippen molar-refractivity contribution < 1.29 is 14.3 Å². The summed E-state index contributed by atoms with van der Waals surface area (Å²) in [7, 11) is 5.75. The normalized spacial score (nSPS) is 16.2. The second kappa shape index (κ2) is 14.1. The molecule has 1 heterocycles. The van der Waals surface area contributed by atoms with Crippen LogP contribution in [0.25, 0.3) is 0 Å². The average molecular weight is 537 g/mol. The summed E-state index contributed by atoms with van der Waals surface area (Å²) in [5, 5.41) is 9.14. The standard InChI is InChI=1S/C30H44N6O3/c1-34(2)17-9-16-31-29(37)25-22-24(33-30(38)32-23-10-5-4-6-11-23)14-15-26(25)35-18-20-36(21-19-35)27-12-7-8-13-28(27)39-3/h7-8,12-15,22-23H,4-6,9-11,16-21H2,1-3H3,(H,31,37)(H2,32,33,38). The Morgan fingerprint density at radius 3 is 2.33 bits per heavy atom. The zero-order valence-corrected chi connectivity index (χ0v) is 23.7. The van der Waals surface area contributed by atoms with Gasteiger partial charge in [-0.1, -0.05) is 31.4 Å². The highest BCUT2D eigenvalue weighted by Gasteiger charge is 2.24. The summed E-state index contributed by atoms with van der Waals surface area (Å²) in [6.45, 7) is 4.67. The zero-order chi connectivity index (χ0) is 27.6. The predicted octanol–water partition coefficient (Wildman–Crippen LogP) is 4.16. The SMILES string of the molecule is COc1ccccc1N1CCN(c2ccc(NC(=O)NC3CCCCC3)cc2C(=O)NCCCN(C)C)CC1. The summed E-state index contributed by atoms with van der Waals surface area (Å²) in [5.41, 5.74) is 3.18. The van der Waals surface area contributed by atoms with Crippen molar-refractivity contribution in [1.29, 1.82) is 0 Å². The highest BCUT2D eigenvalue weighted by molar-refractivity contribution is 6.02. The minimum absolute atomic E-state index is 0.118. The molecule has 2 aromatic carbocycles. The lowest BCUT2D eigenvalue weighted by atomic mass is 9.96. The Hall–Kier alpha value is -3.46. The molecule has 9 heteroatoms. The molecule has 39 heavy (non-hydrogen) atoms. The number of para-hydroxylation sites is 2. The van der Waals surface area contributed by atoms with Gasteiger partial charge in [0.15, 0.2) is 0 Å². The van der Waals surface area contributed by atoms with Crippen LogP contribution in [0.2, 0.25) is 0 Å². The van der Waals surface area contributed by atoms with Gasteiger partial charge < -0.3 is 35.4 Å². The van der Waals surface area contributed by atoms with Crippen molar-refractivity contribution in [3.8, 4) is 5.75 Å². The van der Waals surface area contributed by atoms with E-state index in [0.29, 0.717) is 17.8 Å². The van der Waals surface area contributed by atoms with E-state index in [4.69, 9.17) is 4.74 Å². The van der Waals surface area contributed by atoms with Gasteiger partial charge in [-0.25, -0.2) is 4.79 Å². The van der Waals surface area contributed by atoms with E-state index in [1.165, 1.54) is 6.42 Å². The van der Waals surface area contributed by atoms with Gasteiger partial charge in [0.25, 0.3) is 5.91 Å². The summed E-state index contributed by atoms with van der Waals surface area (Å²) in [6, 6.07) is 13.7. The summed E-state index contributed by atoms with van der Waals surface area (Å²) < 4.78 is 5.56. The number of ether oxygens (including phenoxy) is 1. The molecule has 0 radical (unpaired) electrons. The molecule has 1 aliphatic heterocycles. The maximum Gasteiger partial charge on any atom is 0.319 e. The second-order valence-electron chi connectivity index (χ2n) is 10.7. The summed E-state index contributed by atoms with van der Waals surface area (Å²) in [4.78, 5) is 32.7. The third-order valence-electron chi connectivity index (χ3n) is 7.55. The van der Waals surface area contributed by atoms with E-state index in [1.54, 1.807) is 7.11 Å². The molecule has 2 fully saturated rings. The van der Waals surface area contributed by atoms with E-state index in [1.807, 2.05) is 50.5 Å². The van der Waals surface area contributed by atoms with Gasteiger partial charge in [-0.2, -0.15) is 0 Å². The largest absolute Gasteiger partial charge is 0.495 e. The van der Waals surface area contributed by atoms with Crippen LogP contribution in [-0.4, -0.2) is 83.4 Å². The average Bonchev–Trinajstić information content (AvgIpc) is 2.95. The second-order valence-corrected chi connectivity index (χ2v) is 10.7. The number of anilines is 3. The molecule has 1 aliphatic carbocycles. The number of hydrogen-bond acceptors (Lipinski definition) is 6. The van der Waals surface area contributed by atoms with Gasteiger partial charge in [0.2, 0.25) is 0 Å². The molecule has 0 bridgehead atoms. The molecule has 212 valence electrons. The van der Waals surface area contributed by atoms with E-state index in [-0.39, 0.29) is 18.0 Å². The van der Waals surface area contributed by atoms with E-state index in [0.717, 1.165) is 82.0 Å². The van der Waals surface area contributed by atoms with Crippen LogP contribution >= 0.6 is 0 Å². The molecular weight excluding hydrogens is 492 g/mol. The van der Waals surface area contributed by atoms with Crippen molar-refractivity contribution in [3.63, 3.8) is 0 Å². The Morgan fingerprint density at radius 2 is 1.64 bits per heavy atom. The van der Waals surface area contributed by atoms with Crippen molar-refractivity contribution in [2.75, 3.05) is 75.6 Å². The van der Waals surface area contributed by atoms with Gasteiger partial charge in [0.05, 0.1) is 18.4 Å². The van der Waals surface area contributed by atoms with Crippen LogP contribution < -0.4 is 30.5 Å². The maximum atomic E-state index is 13.4. The molecule has 0 spiro atoms. The van der Waals surface area contributed by atoms with Crippen LogP contribution in [0.5, 0.6) is 5.75 Å². The number of nitrogens with one attached hydrogen (secondary N) is 3. The van der Waals surface area contributed by atoms with Gasteiger partial charge in [0.1, 0.15) is 5.75 Å². The Bertz CT molecular complexity index is 1090. The first-order valence-corrected chi connectivity index (χ1v) is 14.2. The maximum absolute atomic E-state index is 13.4. The Morgan fingerprint density at radius 1 is 0.949 bits per heavy atom. The Balaban J connectivity index is 1.46. The lowest BCUT2D eigenvalue weighted by molar-refractivity contribution is 0.0952. The fraction of sp³-hybridized carbons (Fsp3) is 0.533. The van der Waals surface area contributed by atoms with Crippen LogP contribution in [0.3, 0.4) is 0 Å². The first-order chi connectivity index (χ1) is 18.9. The number of piperazine rings is 1. The van der Waals surface area contributed by atoms with Crippen LogP contribution in [0.4, 0.5) is 21.9 Å². The van der Waals surface area contributed by atoms with Gasteiger partial charge >= 0.3 is 6.03 Å². The first kappa shape index (κ1) is 28.5. The van der Waals surface area contributed by atoms with Gasteiger partial charge in [-0.15, -0.1) is 0 Å². The summed E-state index contributed by atoms with van der Waals surface area (Å²) in [6.07, 6.45) is 6.46. The van der Waals surface area contributed by atoms with E-state index in [2.05, 4.69) is 36.7 Å². The number of urea groups is 1. The van der Waals surface area contributed by atoms with Crippen LogP contribution in [0, 0.1) is 0 Å². The lowest BCUT2D eigenvalue weighted by Crippen LogP contribution is -2.47. The lowest BCUT2D eigenvalue weighted by Gasteiger charge is -2.38. The van der Waals surface area contributed by atoms with E-state index >= 15 is 0 Å². The van der Waals surface area contributed by atoms with Gasteiger partial charge in [0, 0.05) is 50.1 Å². The number of methoxy groups -OCH3 is 1. The smallest absolute Gasteiger partial charge is 0.319 e. The topological polar surface area (TPSA) is 89.2 Å². The highest BCUT2D eigenvalue weighted by atomic mass is 16.5. The molecule has 0 unspecified atom stereocenters. The molecule has 1 saturated carbocycles. The number of carbonyl (C=O) groups is 2. The molecule has 1 saturated heterocycles. The van der Waals surface area contributed by atoms with Crippen LogP contribution in [0.15, 0.2) is 42.5 Å². The molecular formula is C30H44N6O3. The quantitative estimate of drug-likeness (QED) is 0.395. The minimum atomic E-state index is -0.211. The fourth-order valence-electron chi connectivity index (χ4n) is 5.44. The third kappa shape index (κ3) is 8.02. The molecule has 9 nitrogen and oxygen atoms in total. The van der Waals surface area contributed by atoms with Crippen molar-refractivity contribution in [2.45, 2.75) is 44.6 Å². The number of hydrogen-bond donors (Lipinski definition) is 3. The number of carbonyl (C=O) groups excluding carboxylic acids is 2. The summed E-state index contributed by atoms with van der Waals surface area (Å²) in [5.74, 6) is 0.748. The van der Waals surface area contributed by atoms with Crippen molar-refractivity contribution in [3.05, 3.63) is 48.0 Å². The minimum Gasteiger partial charge on any atom is -0.495 e. The Kier molecular flexibility index (Phi) is 10.3. The van der Waals surface area contributed by atoms with Crippen molar-refractivity contribution >= 4 is 29.0 Å². The molecule has 3 N–H and O–H groups in total. The predicted molar refractivity (Wildman–Crippen MR) is 158 cm³/mol. The van der Waals surface area contributed by atoms with Crippen LogP contribution in [-0.2, 0) is 0 Å². The number of amides is 3. The number of nitrogens with zero attached hydrogens (tertiary/aromatic N) is 3. The van der Waals surface area contributed by atoms with Crippen molar-refractivity contribution in [1.82, 2.24) is 15.5 Å². The Labute approximate surface area is 232 Å². The van der Waals surface area contributed by atoms with Gasteiger partial charge in [-0.3, -0.25) is 4.79 Å². The van der Waals surface area contributed by atoms with Gasteiger partial charge in [-0.05, 0) is 70.2 Å². The molecule has 2 aromatic rings. The first-order valence-electron chi connectivity index (χ1n) is 14.2. The zero-order valence-electron chi connectivity index (χ0n) is 23.7. The summed E-state index contributed by atoms with van der Waals surface area (Å²) >= 11 is 0.